The minimum Gasteiger partial charge on any atom is -0.330 e. The summed E-state index contributed by atoms with van der Waals surface area (Å²) in [6.45, 7) is 7.34. The van der Waals surface area contributed by atoms with E-state index in [4.69, 9.17) is 5.73 Å². The third kappa shape index (κ3) is 3.74. The molecular formula is C12H25N3. The molecule has 3 nitrogen and oxygen atoms in total. The van der Waals surface area contributed by atoms with E-state index in [1.807, 2.05) is 0 Å². The van der Waals surface area contributed by atoms with Crippen LogP contribution in [0, 0.1) is 0 Å². The normalized spacial score (nSPS) is 24.6. The summed E-state index contributed by atoms with van der Waals surface area (Å²) >= 11 is 0. The SMILES string of the molecule is NCCCCCN1CCN(C2CC2)CC1. The summed E-state index contributed by atoms with van der Waals surface area (Å²) in [5, 5.41) is 0. The molecule has 0 unspecified atom stereocenters. The largest absolute Gasteiger partial charge is 0.330 e. The summed E-state index contributed by atoms with van der Waals surface area (Å²) in [6, 6.07) is 0.962. The Morgan fingerprint density at radius 3 is 2.27 bits per heavy atom. The molecule has 1 aliphatic heterocycles. The van der Waals surface area contributed by atoms with Gasteiger partial charge in [-0.1, -0.05) is 6.42 Å². The van der Waals surface area contributed by atoms with Crippen molar-refractivity contribution >= 4 is 0 Å². The third-order valence-corrected chi connectivity index (χ3v) is 3.65. The number of nitrogens with two attached hydrogens (primary N) is 1. The first-order valence-electron chi connectivity index (χ1n) is 6.56. The molecule has 0 atom stereocenters. The highest BCUT2D eigenvalue weighted by Crippen LogP contribution is 2.27. The van der Waals surface area contributed by atoms with Crippen molar-refractivity contribution in [2.45, 2.75) is 38.1 Å². The van der Waals surface area contributed by atoms with E-state index in [0.29, 0.717) is 0 Å². The molecule has 15 heavy (non-hydrogen) atoms. The molecule has 1 aliphatic carbocycles. The summed E-state index contributed by atoms with van der Waals surface area (Å²) < 4.78 is 0. The van der Waals surface area contributed by atoms with Crippen LogP contribution in [-0.2, 0) is 0 Å². The Morgan fingerprint density at radius 1 is 0.933 bits per heavy atom. The van der Waals surface area contributed by atoms with Crippen LogP contribution in [0.4, 0.5) is 0 Å². The van der Waals surface area contributed by atoms with Gasteiger partial charge in [-0.25, -0.2) is 0 Å². The Bertz CT molecular complexity index is 172. The maximum atomic E-state index is 5.49. The molecule has 2 N–H and O–H groups in total. The molecule has 0 radical (unpaired) electrons. The van der Waals surface area contributed by atoms with Gasteiger partial charge >= 0.3 is 0 Å². The Kier molecular flexibility index (Phi) is 4.42. The molecule has 2 aliphatic rings. The van der Waals surface area contributed by atoms with Gasteiger partial charge in [0.05, 0.1) is 0 Å². The lowest BCUT2D eigenvalue weighted by Gasteiger charge is -2.34. The Labute approximate surface area is 93.6 Å². The first-order chi connectivity index (χ1) is 7.40. The zero-order valence-corrected chi connectivity index (χ0v) is 9.83. The monoisotopic (exact) mass is 211 g/mol. The lowest BCUT2D eigenvalue weighted by atomic mass is 10.2. The first kappa shape index (κ1) is 11.4. The van der Waals surface area contributed by atoms with Gasteiger partial charge in [-0.05, 0) is 38.8 Å². The highest BCUT2D eigenvalue weighted by molar-refractivity contribution is 4.87. The summed E-state index contributed by atoms with van der Waals surface area (Å²) in [6.07, 6.45) is 6.75. The second-order valence-electron chi connectivity index (χ2n) is 4.96. The van der Waals surface area contributed by atoms with Gasteiger partial charge in [0.1, 0.15) is 0 Å². The van der Waals surface area contributed by atoms with Gasteiger partial charge < -0.3 is 10.6 Å². The molecule has 2 fully saturated rings. The quantitative estimate of drug-likeness (QED) is 0.662. The standard InChI is InChI=1S/C12H25N3/c13-6-2-1-3-7-14-8-10-15(11-9-14)12-4-5-12/h12H,1-11,13H2. The van der Waals surface area contributed by atoms with Gasteiger partial charge in [-0.2, -0.15) is 0 Å². The van der Waals surface area contributed by atoms with E-state index < -0.39 is 0 Å². The average molecular weight is 211 g/mol. The van der Waals surface area contributed by atoms with Crippen LogP contribution < -0.4 is 5.73 Å². The van der Waals surface area contributed by atoms with Crippen LogP contribution in [-0.4, -0.2) is 55.1 Å². The van der Waals surface area contributed by atoms with Gasteiger partial charge in [-0.3, -0.25) is 4.90 Å². The van der Waals surface area contributed by atoms with Crippen LogP contribution in [0.2, 0.25) is 0 Å². The minimum absolute atomic E-state index is 0.857. The first-order valence-corrected chi connectivity index (χ1v) is 6.56. The van der Waals surface area contributed by atoms with Gasteiger partial charge in [0.2, 0.25) is 0 Å². The number of rotatable bonds is 6. The van der Waals surface area contributed by atoms with E-state index in [2.05, 4.69) is 9.80 Å². The summed E-state index contributed by atoms with van der Waals surface area (Å²) in [5.41, 5.74) is 5.49. The molecule has 88 valence electrons. The highest BCUT2D eigenvalue weighted by atomic mass is 15.3. The van der Waals surface area contributed by atoms with Crippen molar-refractivity contribution < 1.29 is 0 Å². The van der Waals surface area contributed by atoms with Crippen molar-refractivity contribution in [3.63, 3.8) is 0 Å². The molecule has 2 rings (SSSR count). The van der Waals surface area contributed by atoms with Crippen molar-refractivity contribution in [1.82, 2.24) is 9.80 Å². The highest BCUT2D eigenvalue weighted by Gasteiger charge is 2.30. The fourth-order valence-corrected chi connectivity index (χ4v) is 2.45. The fourth-order valence-electron chi connectivity index (χ4n) is 2.45. The molecule has 3 heteroatoms. The summed E-state index contributed by atoms with van der Waals surface area (Å²) in [5.74, 6) is 0. The van der Waals surface area contributed by atoms with Gasteiger partial charge in [0.25, 0.3) is 0 Å². The van der Waals surface area contributed by atoms with E-state index in [-0.39, 0.29) is 0 Å². The Morgan fingerprint density at radius 2 is 1.67 bits per heavy atom. The zero-order chi connectivity index (χ0) is 10.5. The van der Waals surface area contributed by atoms with Gasteiger partial charge in [0, 0.05) is 32.2 Å². The van der Waals surface area contributed by atoms with Gasteiger partial charge in [-0.15, -0.1) is 0 Å². The van der Waals surface area contributed by atoms with Crippen LogP contribution in [0.5, 0.6) is 0 Å². The molecule has 0 amide bonds. The van der Waals surface area contributed by atoms with Crippen LogP contribution in [0.3, 0.4) is 0 Å². The van der Waals surface area contributed by atoms with Crippen molar-refractivity contribution in [2.75, 3.05) is 39.3 Å². The summed E-state index contributed by atoms with van der Waals surface area (Å²) in [7, 11) is 0. The second kappa shape index (κ2) is 5.83. The maximum absolute atomic E-state index is 5.49. The molecule has 0 aromatic rings. The van der Waals surface area contributed by atoms with Crippen LogP contribution >= 0.6 is 0 Å². The second-order valence-corrected chi connectivity index (χ2v) is 4.96. The van der Waals surface area contributed by atoms with Crippen LogP contribution in [0.15, 0.2) is 0 Å². The predicted octanol–water partition coefficient (Wildman–Crippen LogP) is 0.895. The van der Waals surface area contributed by atoms with Gasteiger partial charge in [0.15, 0.2) is 0 Å². The number of hydrogen-bond donors (Lipinski definition) is 1. The maximum Gasteiger partial charge on any atom is 0.0113 e. The van der Waals surface area contributed by atoms with Crippen LogP contribution in [0.1, 0.15) is 32.1 Å². The third-order valence-electron chi connectivity index (χ3n) is 3.65. The predicted molar refractivity (Wildman–Crippen MR) is 63.9 cm³/mol. The molecule has 0 bridgehead atoms. The van der Waals surface area contributed by atoms with E-state index in [1.54, 1.807) is 0 Å². The summed E-state index contributed by atoms with van der Waals surface area (Å²) in [4.78, 5) is 5.30. The molecule has 1 heterocycles. The van der Waals surface area contributed by atoms with E-state index >= 15 is 0 Å². The number of piperazine rings is 1. The minimum atomic E-state index is 0.857. The molecular weight excluding hydrogens is 186 g/mol. The van der Waals surface area contributed by atoms with Crippen molar-refractivity contribution in [3.05, 3.63) is 0 Å². The average Bonchev–Trinajstić information content (AvgIpc) is 3.09. The fraction of sp³-hybridized carbons (Fsp3) is 1.00. The van der Waals surface area contributed by atoms with E-state index in [1.165, 1.54) is 64.8 Å². The molecule has 1 saturated heterocycles. The van der Waals surface area contributed by atoms with Crippen molar-refractivity contribution in [3.8, 4) is 0 Å². The Balaban J connectivity index is 1.53. The topological polar surface area (TPSA) is 32.5 Å². The number of unbranched alkanes of at least 4 members (excludes halogenated alkanes) is 2. The lowest BCUT2D eigenvalue weighted by molar-refractivity contribution is 0.125. The van der Waals surface area contributed by atoms with Crippen molar-refractivity contribution in [1.29, 1.82) is 0 Å². The van der Waals surface area contributed by atoms with E-state index in [0.717, 1.165) is 12.6 Å². The van der Waals surface area contributed by atoms with Crippen LogP contribution in [0.25, 0.3) is 0 Å². The van der Waals surface area contributed by atoms with E-state index in [9.17, 15) is 0 Å². The van der Waals surface area contributed by atoms with Crippen molar-refractivity contribution in [2.24, 2.45) is 5.73 Å². The molecule has 0 aromatic heterocycles. The Hall–Kier alpha value is -0.120. The number of hydrogen-bond acceptors (Lipinski definition) is 3. The lowest BCUT2D eigenvalue weighted by Crippen LogP contribution is -2.47. The molecule has 1 saturated carbocycles. The number of nitrogens with zero attached hydrogens (tertiary/aromatic N) is 2. The molecule has 0 spiro atoms. The zero-order valence-electron chi connectivity index (χ0n) is 9.83. The smallest absolute Gasteiger partial charge is 0.0113 e. The molecule has 0 aromatic carbocycles.